The third-order valence-corrected chi connectivity index (χ3v) is 5.51. The van der Waals surface area contributed by atoms with Crippen LogP contribution in [0.2, 0.25) is 0 Å². The Morgan fingerprint density at radius 2 is 2.00 bits per heavy atom. The van der Waals surface area contributed by atoms with Crippen molar-refractivity contribution in [1.29, 1.82) is 0 Å². The maximum Gasteiger partial charge on any atom is 0.258 e. The average molecular weight is 374 g/mol. The molecule has 1 N–H and O–H groups in total. The molecule has 3 aromatic rings. The fourth-order valence-corrected chi connectivity index (χ4v) is 3.84. The third kappa shape index (κ3) is 3.83. The number of ether oxygens (including phenoxy) is 2. The van der Waals surface area contributed by atoms with Gasteiger partial charge in [0.25, 0.3) is 5.91 Å². The van der Waals surface area contributed by atoms with Gasteiger partial charge >= 0.3 is 0 Å². The van der Waals surface area contributed by atoms with Gasteiger partial charge in [0.1, 0.15) is 11.5 Å². The zero-order chi connectivity index (χ0) is 17.8. The number of aromatic nitrogens is 1. The molecule has 0 aliphatic heterocycles. The third-order valence-electron chi connectivity index (χ3n) is 3.67. The van der Waals surface area contributed by atoms with Crippen LogP contribution in [0.4, 0.5) is 5.13 Å². The summed E-state index contributed by atoms with van der Waals surface area (Å²) in [6.07, 6.45) is 0.926. The molecule has 0 saturated heterocycles. The number of benzene rings is 1. The van der Waals surface area contributed by atoms with Crippen LogP contribution in [0.3, 0.4) is 0 Å². The number of aryl methyl sites for hydroxylation is 1. The highest BCUT2D eigenvalue weighted by Crippen LogP contribution is 2.35. The van der Waals surface area contributed by atoms with Gasteiger partial charge in [-0.1, -0.05) is 6.92 Å². The molecule has 2 heterocycles. The molecule has 0 aliphatic rings. The summed E-state index contributed by atoms with van der Waals surface area (Å²) < 4.78 is 10.7. The first-order valence-electron chi connectivity index (χ1n) is 7.71. The Balaban J connectivity index is 1.81. The van der Waals surface area contributed by atoms with Crippen LogP contribution in [0, 0.1) is 0 Å². The van der Waals surface area contributed by atoms with Crippen molar-refractivity contribution in [3.8, 4) is 22.8 Å². The number of carbonyl (C=O) groups is 1. The van der Waals surface area contributed by atoms with E-state index in [0.29, 0.717) is 16.4 Å². The molecule has 1 aromatic carbocycles. The molecule has 2 aromatic heterocycles. The van der Waals surface area contributed by atoms with E-state index in [0.717, 1.165) is 23.4 Å². The molecule has 0 radical (unpaired) electrons. The minimum Gasteiger partial charge on any atom is -0.497 e. The lowest BCUT2D eigenvalue weighted by molar-refractivity contribution is 0.102. The van der Waals surface area contributed by atoms with Crippen molar-refractivity contribution in [2.75, 3.05) is 19.5 Å². The summed E-state index contributed by atoms with van der Waals surface area (Å²) in [5, 5.41) is 7.16. The van der Waals surface area contributed by atoms with Gasteiger partial charge in [-0.15, -0.1) is 22.7 Å². The molecule has 7 heteroatoms. The van der Waals surface area contributed by atoms with Gasteiger partial charge in [0.15, 0.2) is 5.13 Å². The van der Waals surface area contributed by atoms with Crippen LogP contribution in [-0.2, 0) is 6.42 Å². The zero-order valence-corrected chi connectivity index (χ0v) is 15.8. The molecular weight excluding hydrogens is 356 g/mol. The van der Waals surface area contributed by atoms with E-state index >= 15 is 0 Å². The maximum atomic E-state index is 12.3. The summed E-state index contributed by atoms with van der Waals surface area (Å²) >= 11 is 2.97. The predicted octanol–water partition coefficient (Wildman–Crippen LogP) is 4.70. The maximum absolute atomic E-state index is 12.3. The lowest BCUT2D eigenvalue weighted by Crippen LogP contribution is -2.10. The normalized spacial score (nSPS) is 10.5. The van der Waals surface area contributed by atoms with Gasteiger partial charge in [-0.3, -0.25) is 10.1 Å². The second kappa shape index (κ2) is 7.67. The van der Waals surface area contributed by atoms with E-state index in [9.17, 15) is 4.79 Å². The van der Waals surface area contributed by atoms with E-state index < -0.39 is 0 Å². The van der Waals surface area contributed by atoms with E-state index in [4.69, 9.17) is 9.47 Å². The van der Waals surface area contributed by atoms with Crippen LogP contribution in [-0.4, -0.2) is 25.1 Å². The second-order valence-corrected chi connectivity index (χ2v) is 7.07. The van der Waals surface area contributed by atoms with Crippen LogP contribution in [0.15, 0.2) is 35.0 Å². The van der Waals surface area contributed by atoms with Crippen LogP contribution < -0.4 is 14.8 Å². The fourth-order valence-electron chi connectivity index (χ4n) is 2.32. The highest BCUT2D eigenvalue weighted by atomic mass is 32.1. The Morgan fingerprint density at radius 3 is 2.68 bits per heavy atom. The molecule has 1 amide bonds. The second-order valence-electron chi connectivity index (χ2n) is 5.21. The Bertz CT molecular complexity index is 886. The van der Waals surface area contributed by atoms with Crippen LogP contribution >= 0.6 is 22.7 Å². The van der Waals surface area contributed by atoms with Crippen molar-refractivity contribution in [2.45, 2.75) is 13.3 Å². The minimum atomic E-state index is -0.144. The van der Waals surface area contributed by atoms with Crippen molar-refractivity contribution < 1.29 is 14.3 Å². The van der Waals surface area contributed by atoms with E-state index in [-0.39, 0.29) is 5.91 Å². The summed E-state index contributed by atoms with van der Waals surface area (Å²) in [4.78, 5) is 18.0. The molecule has 0 bridgehead atoms. The van der Waals surface area contributed by atoms with Crippen molar-refractivity contribution >= 4 is 33.7 Å². The van der Waals surface area contributed by atoms with E-state index in [2.05, 4.69) is 17.2 Å². The number of nitrogens with zero attached hydrogens (tertiary/aromatic N) is 1. The van der Waals surface area contributed by atoms with Crippen molar-refractivity contribution in [3.05, 3.63) is 45.5 Å². The summed E-state index contributed by atoms with van der Waals surface area (Å²) in [5.74, 6) is 1.28. The minimum absolute atomic E-state index is 0.144. The van der Waals surface area contributed by atoms with Crippen LogP contribution in [0.5, 0.6) is 11.5 Å². The quantitative estimate of drug-likeness (QED) is 0.679. The first-order chi connectivity index (χ1) is 12.1. The Morgan fingerprint density at radius 1 is 1.16 bits per heavy atom. The largest absolute Gasteiger partial charge is 0.497 e. The monoisotopic (exact) mass is 374 g/mol. The highest BCUT2D eigenvalue weighted by molar-refractivity contribution is 7.14. The SMILES string of the molecule is CCc1cc(C(=O)Nc2nc(-c3cc(OC)ccc3OC)cs2)cs1. The molecule has 0 aliphatic carbocycles. The number of thiazole rings is 1. The number of nitrogens with one attached hydrogen (secondary N) is 1. The molecule has 130 valence electrons. The van der Waals surface area contributed by atoms with Gasteiger partial charge in [0.05, 0.1) is 25.5 Å². The average Bonchev–Trinajstić information content (AvgIpc) is 3.30. The standard InChI is InChI=1S/C18H18N2O3S2/c1-4-13-7-11(9-24-13)17(21)20-18-19-15(10-25-18)14-8-12(22-2)5-6-16(14)23-3/h5-10H,4H2,1-3H3,(H,19,20,21). The molecule has 5 nitrogen and oxygen atoms in total. The van der Waals surface area contributed by atoms with Crippen LogP contribution in [0.1, 0.15) is 22.2 Å². The number of rotatable bonds is 6. The number of hydrogen-bond donors (Lipinski definition) is 1. The van der Waals surface area contributed by atoms with E-state index in [1.165, 1.54) is 16.2 Å². The summed E-state index contributed by atoms with van der Waals surface area (Å²) in [6.45, 7) is 2.07. The number of anilines is 1. The van der Waals surface area contributed by atoms with Crippen molar-refractivity contribution in [3.63, 3.8) is 0 Å². The first-order valence-corrected chi connectivity index (χ1v) is 9.47. The molecule has 25 heavy (non-hydrogen) atoms. The number of thiophene rings is 1. The summed E-state index contributed by atoms with van der Waals surface area (Å²) in [6, 6.07) is 7.45. The first kappa shape index (κ1) is 17.4. The molecule has 0 saturated carbocycles. The van der Waals surface area contributed by atoms with Crippen molar-refractivity contribution in [2.24, 2.45) is 0 Å². The van der Waals surface area contributed by atoms with Gasteiger partial charge in [0, 0.05) is 21.2 Å². The fraction of sp³-hybridized carbons (Fsp3) is 0.222. The van der Waals surface area contributed by atoms with Gasteiger partial charge in [-0.25, -0.2) is 4.98 Å². The molecule has 0 spiro atoms. The Kier molecular flexibility index (Phi) is 5.35. The molecular formula is C18H18N2O3S2. The Labute approximate surface area is 154 Å². The number of hydrogen-bond acceptors (Lipinski definition) is 6. The van der Waals surface area contributed by atoms with Crippen LogP contribution in [0.25, 0.3) is 11.3 Å². The van der Waals surface area contributed by atoms with Gasteiger partial charge in [-0.2, -0.15) is 0 Å². The van der Waals surface area contributed by atoms with Gasteiger partial charge in [0.2, 0.25) is 0 Å². The lowest BCUT2D eigenvalue weighted by atomic mass is 10.1. The molecule has 0 atom stereocenters. The lowest BCUT2D eigenvalue weighted by Gasteiger charge is -2.08. The Hall–Kier alpha value is -2.38. The zero-order valence-electron chi connectivity index (χ0n) is 14.2. The predicted molar refractivity (Wildman–Crippen MR) is 102 cm³/mol. The number of carbonyl (C=O) groups excluding carboxylic acids is 1. The topological polar surface area (TPSA) is 60.5 Å². The summed E-state index contributed by atoms with van der Waals surface area (Å²) in [5.41, 5.74) is 2.22. The number of methoxy groups -OCH3 is 2. The van der Waals surface area contributed by atoms with Gasteiger partial charge < -0.3 is 9.47 Å². The van der Waals surface area contributed by atoms with E-state index in [1.807, 2.05) is 35.0 Å². The molecule has 3 rings (SSSR count). The summed E-state index contributed by atoms with van der Waals surface area (Å²) in [7, 11) is 3.23. The smallest absolute Gasteiger partial charge is 0.258 e. The van der Waals surface area contributed by atoms with Crippen molar-refractivity contribution in [1.82, 2.24) is 4.98 Å². The molecule has 0 fully saturated rings. The number of amides is 1. The van der Waals surface area contributed by atoms with E-state index in [1.54, 1.807) is 25.6 Å². The van der Waals surface area contributed by atoms with Gasteiger partial charge in [-0.05, 0) is 30.7 Å². The highest BCUT2D eigenvalue weighted by Gasteiger charge is 2.14. The molecule has 0 unspecified atom stereocenters.